The summed E-state index contributed by atoms with van der Waals surface area (Å²) in [4.78, 5) is 22.5. The van der Waals surface area contributed by atoms with Crippen molar-refractivity contribution in [2.24, 2.45) is 5.10 Å². The van der Waals surface area contributed by atoms with Gasteiger partial charge in [0.1, 0.15) is 0 Å². The lowest BCUT2D eigenvalue weighted by Gasteiger charge is -2.10. The number of methoxy groups -OCH3 is 1. The molecule has 0 spiro atoms. The van der Waals surface area contributed by atoms with E-state index in [2.05, 4.69) is 10.5 Å². The lowest BCUT2D eigenvalue weighted by Crippen LogP contribution is -2.09. The van der Waals surface area contributed by atoms with E-state index in [1.165, 1.54) is 25.5 Å². The van der Waals surface area contributed by atoms with E-state index in [1.54, 1.807) is 54.6 Å². The van der Waals surface area contributed by atoms with Gasteiger partial charge < -0.3 is 9.47 Å². The van der Waals surface area contributed by atoms with Gasteiger partial charge in [-0.25, -0.2) is 4.79 Å². The molecule has 29 heavy (non-hydrogen) atoms. The first-order valence-electron chi connectivity index (χ1n) is 8.55. The summed E-state index contributed by atoms with van der Waals surface area (Å²) in [6, 6.07) is 19.6. The number of rotatable bonds is 7. The molecule has 0 bridgehead atoms. The molecule has 8 nitrogen and oxygen atoms in total. The van der Waals surface area contributed by atoms with Crippen molar-refractivity contribution in [2.75, 3.05) is 12.5 Å². The number of esters is 1. The molecular weight excluding hydrogens is 374 g/mol. The van der Waals surface area contributed by atoms with Crippen LogP contribution in [0.1, 0.15) is 15.9 Å². The Morgan fingerprint density at radius 1 is 1.03 bits per heavy atom. The second-order valence-corrected chi connectivity index (χ2v) is 5.84. The number of benzene rings is 3. The zero-order valence-electron chi connectivity index (χ0n) is 15.4. The van der Waals surface area contributed by atoms with Crippen LogP contribution in [0.25, 0.3) is 0 Å². The van der Waals surface area contributed by atoms with Gasteiger partial charge in [0.15, 0.2) is 11.5 Å². The molecule has 146 valence electrons. The molecule has 1 N–H and O–H groups in total. The fourth-order valence-corrected chi connectivity index (χ4v) is 2.45. The predicted molar refractivity (Wildman–Crippen MR) is 109 cm³/mol. The molecular formula is C21H17N3O5. The largest absolute Gasteiger partial charge is 0.493 e. The summed E-state index contributed by atoms with van der Waals surface area (Å²) in [5.74, 6) is 0.163. The molecule has 0 saturated heterocycles. The first-order valence-corrected chi connectivity index (χ1v) is 8.55. The Labute approximate surface area is 166 Å². The first kappa shape index (κ1) is 19.6. The fourth-order valence-electron chi connectivity index (χ4n) is 2.45. The van der Waals surface area contributed by atoms with Crippen LogP contribution < -0.4 is 14.9 Å². The zero-order chi connectivity index (χ0) is 20.6. The monoisotopic (exact) mass is 391 g/mol. The van der Waals surface area contributed by atoms with E-state index in [9.17, 15) is 14.9 Å². The summed E-state index contributed by atoms with van der Waals surface area (Å²) in [5, 5.41) is 14.9. The second-order valence-electron chi connectivity index (χ2n) is 5.84. The van der Waals surface area contributed by atoms with Crippen molar-refractivity contribution >= 4 is 23.6 Å². The molecule has 3 aromatic rings. The smallest absolute Gasteiger partial charge is 0.343 e. The number of carbonyl (C=O) groups is 1. The molecule has 0 aliphatic rings. The Bertz CT molecular complexity index is 1050. The molecule has 0 aromatic heterocycles. The van der Waals surface area contributed by atoms with Crippen LogP contribution in [0.5, 0.6) is 11.5 Å². The molecule has 0 aliphatic carbocycles. The molecule has 8 heteroatoms. The Hall–Kier alpha value is -4.20. The van der Waals surface area contributed by atoms with Gasteiger partial charge >= 0.3 is 5.97 Å². The van der Waals surface area contributed by atoms with Gasteiger partial charge in [-0.3, -0.25) is 15.5 Å². The average Bonchev–Trinajstić information content (AvgIpc) is 2.75. The van der Waals surface area contributed by atoms with Crippen LogP contribution in [0.15, 0.2) is 77.9 Å². The summed E-state index contributed by atoms with van der Waals surface area (Å²) in [6.07, 6.45) is 1.52. The second kappa shape index (κ2) is 9.14. The maximum absolute atomic E-state index is 12.2. The molecule has 3 rings (SSSR count). The minimum absolute atomic E-state index is 0.0311. The van der Waals surface area contributed by atoms with Crippen molar-refractivity contribution < 1.29 is 19.2 Å². The quantitative estimate of drug-likeness (QED) is 0.212. The number of hydrazone groups is 1. The van der Waals surface area contributed by atoms with Crippen molar-refractivity contribution in [2.45, 2.75) is 0 Å². The third kappa shape index (κ3) is 5.16. The highest BCUT2D eigenvalue weighted by Gasteiger charge is 2.12. The number of carbonyl (C=O) groups excluding carboxylic acids is 1. The van der Waals surface area contributed by atoms with Crippen LogP contribution in [0, 0.1) is 10.1 Å². The molecule has 0 unspecified atom stereocenters. The Kier molecular flexibility index (Phi) is 6.16. The van der Waals surface area contributed by atoms with Crippen LogP contribution in [0.3, 0.4) is 0 Å². The SMILES string of the molecule is COc1cc(C=NNc2cccc([N+](=O)[O-])c2)ccc1OC(=O)c1ccccc1. The van der Waals surface area contributed by atoms with E-state index in [0.29, 0.717) is 22.6 Å². The van der Waals surface area contributed by atoms with E-state index >= 15 is 0 Å². The van der Waals surface area contributed by atoms with E-state index in [4.69, 9.17) is 9.47 Å². The Balaban J connectivity index is 1.70. The third-order valence-electron chi connectivity index (χ3n) is 3.86. The zero-order valence-corrected chi connectivity index (χ0v) is 15.4. The minimum atomic E-state index is -0.488. The summed E-state index contributed by atoms with van der Waals surface area (Å²) < 4.78 is 10.7. The number of ether oxygens (including phenoxy) is 2. The number of nitro benzene ring substituents is 1. The molecule has 0 fully saturated rings. The van der Waals surface area contributed by atoms with Crippen LogP contribution >= 0.6 is 0 Å². The number of hydrogen-bond donors (Lipinski definition) is 1. The van der Waals surface area contributed by atoms with E-state index in [0.717, 1.165) is 0 Å². The van der Waals surface area contributed by atoms with Crippen LogP contribution in [-0.4, -0.2) is 24.2 Å². The van der Waals surface area contributed by atoms with Gasteiger partial charge in [0, 0.05) is 12.1 Å². The Morgan fingerprint density at radius 3 is 2.55 bits per heavy atom. The molecule has 0 heterocycles. The number of nitrogens with zero attached hydrogens (tertiary/aromatic N) is 2. The number of anilines is 1. The highest BCUT2D eigenvalue weighted by molar-refractivity contribution is 5.91. The van der Waals surface area contributed by atoms with E-state index < -0.39 is 10.9 Å². The van der Waals surface area contributed by atoms with Gasteiger partial charge in [0.2, 0.25) is 0 Å². The van der Waals surface area contributed by atoms with Gasteiger partial charge in [-0.05, 0) is 42.0 Å². The van der Waals surface area contributed by atoms with Gasteiger partial charge in [0.25, 0.3) is 5.69 Å². The standard InChI is InChI=1S/C21H17N3O5/c1-28-20-12-15(14-22-23-17-8-5-9-18(13-17)24(26)27)10-11-19(20)29-21(25)16-6-3-2-4-7-16/h2-14,23H,1H3. The fraction of sp³-hybridized carbons (Fsp3) is 0.0476. The summed E-state index contributed by atoms with van der Waals surface area (Å²) >= 11 is 0. The van der Waals surface area contributed by atoms with Crippen molar-refractivity contribution in [3.63, 3.8) is 0 Å². The number of nitrogens with one attached hydrogen (secondary N) is 1. The number of non-ortho nitro benzene ring substituents is 1. The topological polar surface area (TPSA) is 103 Å². The molecule has 3 aromatic carbocycles. The van der Waals surface area contributed by atoms with Crippen molar-refractivity contribution in [1.29, 1.82) is 0 Å². The van der Waals surface area contributed by atoms with Crippen LogP contribution in [0.4, 0.5) is 11.4 Å². The normalized spacial score (nSPS) is 10.5. The molecule has 0 radical (unpaired) electrons. The lowest BCUT2D eigenvalue weighted by molar-refractivity contribution is -0.384. The van der Waals surface area contributed by atoms with Gasteiger partial charge in [-0.15, -0.1) is 0 Å². The Morgan fingerprint density at radius 2 is 1.83 bits per heavy atom. The molecule has 0 aliphatic heterocycles. The van der Waals surface area contributed by atoms with Crippen molar-refractivity contribution in [3.05, 3.63) is 94.0 Å². The third-order valence-corrected chi connectivity index (χ3v) is 3.86. The maximum atomic E-state index is 12.2. The van der Waals surface area contributed by atoms with Crippen LogP contribution in [-0.2, 0) is 0 Å². The number of nitro groups is 1. The maximum Gasteiger partial charge on any atom is 0.343 e. The van der Waals surface area contributed by atoms with Crippen molar-refractivity contribution in [1.82, 2.24) is 0 Å². The van der Waals surface area contributed by atoms with E-state index in [-0.39, 0.29) is 11.4 Å². The molecule has 0 atom stereocenters. The summed E-state index contributed by atoms with van der Waals surface area (Å²) in [6.45, 7) is 0. The minimum Gasteiger partial charge on any atom is -0.493 e. The highest BCUT2D eigenvalue weighted by atomic mass is 16.6. The predicted octanol–water partition coefficient (Wildman–Crippen LogP) is 4.27. The summed E-state index contributed by atoms with van der Waals surface area (Å²) in [7, 11) is 1.47. The van der Waals surface area contributed by atoms with Gasteiger partial charge in [-0.2, -0.15) is 5.10 Å². The lowest BCUT2D eigenvalue weighted by atomic mass is 10.2. The molecule has 0 saturated carbocycles. The van der Waals surface area contributed by atoms with Crippen molar-refractivity contribution in [3.8, 4) is 11.5 Å². The highest BCUT2D eigenvalue weighted by Crippen LogP contribution is 2.28. The molecule has 0 amide bonds. The van der Waals surface area contributed by atoms with E-state index in [1.807, 2.05) is 6.07 Å². The van der Waals surface area contributed by atoms with Gasteiger partial charge in [0.05, 0.1) is 29.5 Å². The van der Waals surface area contributed by atoms with Gasteiger partial charge in [-0.1, -0.05) is 24.3 Å². The first-order chi connectivity index (χ1) is 14.1. The summed E-state index contributed by atoms with van der Waals surface area (Å²) in [5.41, 5.74) is 4.30. The number of hydrogen-bond acceptors (Lipinski definition) is 7. The van der Waals surface area contributed by atoms with Crippen LogP contribution in [0.2, 0.25) is 0 Å². The average molecular weight is 391 g/mol.